The molecule has 0 spiro atoms. The number of hydrogen-bond donors (Lipinski definition) is 0. The van der Waals surface area contributed by atoms with Gasteiger partial charge in [-0.3, -0.25) is 4.79 Å². The van der Waals surface area contributed by atoms with E-state index in [1.165, 1.54) is 12.1 Å². The summed E-state index contributed by atoms with van der Waals surface area (Å²) in [5.74, 6) is -0.280. The lowest BCUT2D eigenvalue weighted by Gasteiger charge is -2.02. The fraction of sp³-hybridized carbons (Fsp3) is 0.300. The Hall–Kier alpha value is -0.740. The van der Waals surface area contributed by atoms with Crippen molar-refractivity contribution < 1.29 is 13.9 Å². The normalized spacial score (nSPS) is 10.1. The van der Waals surface area contributed by atoms with Gasteiger partial charge in [-0.2, -0.15) is 0 Å². The molecule has 1 rings (SSSR count). The maximum absolute atomic E-state index is 12.5. The lowest BCUT2D eigenvalue weighted by Crippen LogP contribution is -2.09. The van der Waals surface area contributed by atoms with Crippen molar-refractivity contribution in [2.24, 2.45) is 0 Å². The van der Waals surface area contributed by atoms with Crippen LogP contribution in [0, 0.1) is 5.82 Å². The van der Waals surface area contributed by atoms with Crippen LogP contribution in [-0.4, -0.2) is 17.7 Å². The molecular formula is C10H10BrFO2. The lowest BCUT2D eigenvalue weighted by atomic mass is 10.2. The molecule has 0 radical (unpaired) electrons. The van der Waals surface area contributed by atoms with Crippen LogP contribution < -0.4 is 0 Å². The summed E-state index contributed by atoms with van der Waals surface area (Å²) in [6.45, 7) is 0.418. The summed E-state index contributed by atoms with van der Waals surface area (Å²) >= 11 is 3.03. The summed E-state index contributed by atoms with van der Waals surface area (Å²) in [5.41, 5.74) is 0.855. The minimum Gasteiger partial charge on any atom is -0.369 e. The second kappa shape index (κ2) is 5.88. The number of rotatable bonds is 5. The molecule has 0 N–H and O–H groups in total. The molecule has 0 aliphatic rings. The van der Waals surface area contributed by atoms with Crippen molar-refractivity contribution in [1.82, 2.24) is 0 Å². The molecule has 0 aliphatic carbocycles. The summed E-state index contributed by atoms with van der Waals surface area (Å²) in [7, 11) is 0. The van der Waals surface area contributed by atoms with E-state index in [-0.39, 0.29) is 18.2 Å². The molecule has 0 fully saturated rings. The van der Waals surface area contributed by atoms with Crippen molar-refractivity contribution in [3.8, 4) is 0 Å². The number of ether oxygens (including phenoxy) is 1. The quantitative estimate of drug-likeness (QED) is 0.760. The van der Waals surface area contributed by atoms with Gasteiger partial charge in [0.25, 0.3) is 0 Å². The summed E-state index contributed by atoms with van der Waals surface area (Å²) in [4.78, 5) is 10.8. The van der Waals surface area contributed by atoms with Gasteiger partial charge in [-0.05, 0) is 17.7 Å². The summed E-state index contributed by atoms with van der Waals surface area (Å²) < 4.78 is 17.6. The molecule has 76 valence electrons. The summed E-state index contributed by atoms with van der Waals surface area (Å²) in [5, 5.41) is 0.302. The van der Waals surface area contributed by atoms with Gasteiger partial charge in [-0.15, -0.1) is 0 Å². The average Bonchev–Trinajstić information content (AvgIpc) is 2.21. The monoisotopic (exact) mass is 260 g/mol. The average molecular weight is 261 g/mol. The molecule has 1 aromatic carbocycles. The minimum atomic E-state index is -0.273. The first-order valence-electron chi connectivity index (χ1n) is 4.12. The zero-order valence-electron chi connectivity index (χ0n) is 7.50. The van der Waals surface area contributed by atoms with Gasteiger partial charge in [0, 0.05) is 0 Å². The van der Waals surface area contributed by atoms with Crippen LogP contribution >= 0.6 is 15.9 Å². The molecule has 0 heterocycles. The molecule has 2 nitrogen and oxygen atoms in total. The van der Waals surface area contributed by atoms with Crippen LogP contribution in [0.1, 0.15) is 5.56 Å². The molecule has 1 aromatic rings. The van der Waals surface area contributed by atoms with E-state index in [1.807, 2.05) is 0 Å². The smallest absolute Gasteiger partial charge is 0.168 e. The number of benzene rings is 1. The Bertz CT molecular complexity index is 297. The molecule has 0 atom stereocenters. The zero-order valence-corrected chi connectivity index (χ0v) is 9.09. The van der Waals surface area contributed by atoms with Crippen LogP contribution in [0.4, 0.5) is 4.39 Å². The van der Waals surface area contributed by atoms with Gasteiger partial charge < -0.3 is 4.74 Å². The predicted octanol–water partition coefficient (Wildman–Crippen LogP) is 2.31. The molecule has 0 aliphatic heterocycles. The van der Waals surface area contributed by atoms with E-state index in [2.05, 4.69) is 15.9 Å². The molecular weight excluding hydrogens is 251 g/mol. The second-order valence-corrected chi connectivity index (χ2v) is 3.35. The predicted molar refractivity (Wildman–Crippen MR) is 54.9 cm³/mol. The van der Waals surface area contributed by atoms with E-state index in [4.69, 9.17) is 4.74 Å². The third-order valence-electron chi connectivity index (χ3n) is 1.59. The highest BCUT2D eigenvalue weighted by Crippen LogP contribution is 2.04. The van der Waals surface area contributed by atoms with Gasteiger partial charge in [-0.1, -0.05) is 28.1 Å². The number of hydrogen-bond acceptors (Lipinski definition) is 2. The van der Waals surface area contributed by atoms with Gasteiger partial charge in [0.1, 0.15) is 12.4 Å². The van der Waals surface area contributed by atoms with Gasteiger partial charge in [0.2, 0.25) is 0 Å². The molecule has 0 amide bonds. The number of alkyl halides is 1. The van der Waals surface area contributed by atoms with Crippen LogP contribution in [0.25, 0.3) is 0 Å². The highest BCUT2D eigenvalue weighted by Gasteiger charge is 1.99. The fourth-order valence-electron chi connectivity index (χ4n) is 0.902. The van der Waals surface area contributed by atoms with Gasteiger partial charge in [0.05, 0.1) is 11.9 Å². The van der Waals surface area contributed by atoms with Gasteiger partial charge >= 0.3 is 0 Å². The van der Waals surface area contributed by atoms with Gasteiger partial charge in [0.15, 0.2) is 5.78 Å². The second-order valence-electron chi connectivity index (χ2n) is 2.79. The number of Topliss-reactive ketones (excluding diaryl/α,β-unsaturated/α-hetero) is 1. The standard InChI is InChI=1S/C10H10BrFO2/c11-5-10(13)7-14-6-8-1-3-9(12)4-2-8/h1-4H,5-7H2. The molecule has 0 aromatic heterocycles. The van der Waals surface area contributed by atoms with Crippen LogP contribution in [0.2, 0.25) is 0 Å². The first-order valence-corrected chi connectivity index (χ1v) is 5.24. The van der Waals surface area contributed by atoms with Crippen molar-refractivity contribution in [2.75, 3.05) is 11.9 Å². The SMILES string of the molecule is O=C(CBr)COCc1ccc(F)cc1. The van der Waals surface area contributed by atoms with Crippen molar-refractivity contribution in [1.29, 1.82) is 0 Å². The highest BCUT2D eigenvalue weighted by molar-refractivity contribution is 9.09. The Labute approximate surface area is 90.2 Å². The van der Waals surface area contributed by atoms with Crippen molar-refractivity contribution in [3.05, 3.63) is 35.6 Å². The maximum atomic E-state index is 12.5. The first-order chi connectivity index (χ1) is 6.72. The molecule has 0 saturated heterocycles. The largest absolute Gasteiger partial charge is 0.369 e. The Morgan fingerprint density at radius 1 is 1.36 bits per heavy atom. The van der Waals surface area contributed by atoms with Crippen LogP contribution in [-0.2, 0) is 16.1 Å². The highest BCUT2D eigenvalue weighted by atomic mass is 79.9. The van der Waals surface area contributed by atoms with Gasteiger partial charge in [-0.25, -0.2) is 4.39 Å². The lowest BCUT2D eigenvalue weighted by molar-refractivity contribution is -0.121. The van der Waals surface area contributed by atoms with Crippen molar-refractivity contribution >= 4 is 21.7 Å². The summed E-state index contributed by atoms with van der Waals surface area (Å²) in [6, 6.07) is 6.00. The Balaban J connectivity index is 2.31. The van der Waals surface area contributed by atoms with E-state index in [1.54, 1.807) is 12.1 Å². The van der Waals surface area contributed by atoms with E-state index in [9.17, 15) is 9.18 Å². The number of halogens is 2. The van der Waals surface area contributed by atoms with E-state index >= 15 is 0 Å². The number of carbonyl (C=O) groups is 1. The van der Waals surface area contributed by atoms with E-state index < -0.39 is 0 Å². The van der Waals surface area contributed by atoms with Crippen LogP contribution in [0.15, 0.2) is 24.3 Å². The van der Waals surface area contributed by atoms with E-state index in [0.29, 0.717) is 11.9 Å². The van der Waals surface area contributed by atoms with Crippen molar-refractivity contribution in [3.63, 3.8) is 0 Å². The maximum Gasteiger partial charge on any atom is 0.168 e. The van der Waals surface area contributed by atoms with Crippen molar-refractivity contribution in [2.45, 2.75) is 6.61 Å². The minimum absolute atomic E-state index is 0.00730. The Kier molecular flexibility index (Phi) is 4.76. The third kappa shape index (κ3) is 3.98. The molecule has 0 bridgehead atoms. The molecule has 0 unspecified atom stereocenters. The third-order valence-corrected chi connectivity index (χ3v) is 2.22. The van der Waals surface area contributed by atoms with E-state index in [0.717, 1.165) is 5.56 Å². The molecule has 4 heteroatoms. The molecule has 0 saturated carbocycles. The topological polar surface area (TPSA) is 26.3 Å². The number of ketones is 1. The van der Waals surface area contributed by atoms with Crippen LogP contribution in [0.3, 0.4) is 0 Å². The number of carbonyl (C=O) groups excluding carboxylic acids is 1. The summed E-state index contributed by atoms with van der Waals surface area (Å²) in [6.07, 6.45) is 0. The zero-order chi connectivity index (χ0) is 10.4. The first kappa shape index (κ1) is 11.3. The molecule has 14 heavy (non-hydrogen) atoms. The van der Waals surface area contributed by atoms with Crippen LogP contribution in [0.5, 0.6) is 0 Å². The fourth-order valence-corrected chi connectivity index (χ4v) is 1.06. The Morgan fingerprint density at radius 2 is 2.00 bits per heavy atom. The Morgan fingerprint density at radius 3 is 2.57 bits per heavy atom.